The average molecular weight is 306 g/mol. The largest absolute Gasteiger partial charge is 0.396 e. The molecule has 0 saturated carbocycles. The van der Waals surface area contributed by atoms with Gasteiger partial charge in [-0.15, -0.1) is 0 Å². The van der Waals surface area contributed by atoms with Crippen molar-refractivity contribution in [1.29, 1.82) is 5.26 Å². The highest BCUT2D eigenvalue weighted by Crippen LogP contribution is 2.27. The van der Waals surface area contributed by atoms with E-state index in [4.69, 9.17) is 5.11 Å². The normalized spacial score (nSPS) is 15.1. The van der Waals surface area contributed by atoms with Gasteiger partial charge in [-0.2, -0.15) is 17.0 Å². The van der Waals surface area contributed by atoms with E-state index in [1.165, 1.54) is 0 Å². The van der Waals surface area contributed by atoms with Gasteiger partial charge in [0.15, 0.2) is 0 Å². The molecule has 1 aromatic rings. The molecule has 0 radical (unpaired) electrons. The van der Waals surface area contributed by atoms with Gasteiger partial charge in [0.25, 0.3) is 0 Å². The molecule has 4 heteroatoms. The third kappa shape index (κ3) is 5.70. The summed E-state index contributed by atoms with van der Waals surface area (Å²) >= 11 is 1.81. The molecule has 2 unspecified atom stereocenters. The molecule has 0 aromatic heterocycles. The quantitative estimate of drug-likeness (QED) is 0.652. The summed E-state index contributed by atoms with van der Waals surface area (Å²) < 4.78 is 0. The molecular formula is C17H26N2OS. The van der Waals surface area contributed by atoms with E-state index in [0.29, 0.717) is 5.92 Å². The Morgan fingerprint density at radius 3 is 2.67 bits per heavy atom. The fourth-order valence-corrected chi connectivity index (χ4v) is 3.24. The molecule has 0 aliphatic heterocycles. The number of rotatable bonds is 10. The number of aliphatic hydroxyl groups excluding tert-OH is 1. The predicted octanol–water partition coefficient (Wildman–Crippen LogP) is 3.16. The zero-order chi connectivity index (χ0) is 15.6. The minimum Gasteiger partial charge on any atom is -0.396 e. The van der Waals surface area contributed by atoms with E-state index in [1.54, 1.807) is 11.8 Å². The van der Waals surface area contributed by atoms with E-state index in [9.17, 15) is 5.26 Å². The van der Waals surface area contributed by atoms with Crippen molar-refractivity contribution in [1.82, 2.24) is 5.32 Å². The third-order valence-corrected chi connectivity index (χ3v) is 4.77. The molecule has 21 heavy (non-hydrogen) atoms. The molecule has 1 rings (SSSR count). The summed E-state index contributed by atoms with van der Waals surface area (Å²) in [6.45, 7) is 5.21. The van der Waals surface area contributed by atoms with Gasteiger partial charge in [0, 0.05) is 6.61 Å². The van der Waals surface area contributed by atoms with Crippen molar-refractivity contribution in [2.45, 2.75) is 32.2 Å². The van der Waals surface area contributed by atoms with Crippen LogP contribution in [0.5, 0.6) is 0 Å². The Hall–Kier alpha value is -1.02. The maximum Gasteiger partial charge on any atom is 0.133 e. The van der Waals surface area contributed by atoms with Crippen molar-refractivity contribution in [3.63, 3.8) is 0 Å². The number of nitrogens with one attached hydrogen (secondary N) is 1. The number of hydrogen-bond acceptors (Lipinski definition) is 4. The van der Waals surface area contributed by atoms with Crippen LogP contribution in [-0.4, -0.2) is 29.8 Å². The Kier molecular flexibility index (Phi) is 8.44. The number of nitriles is 1. The van der Waals surface area contributed by atoms with E-state index in [0.717, 1.165) is 36.5 Å². The Bertz CT molecular complexity index is 432. The van der Waals surface area contributed by atoms with Crippen LogP contribution in [0.1, 0.15) is 32.3 Å². The Morgan fingerprint density at radius 2 is 2.10 bits per heavy atom. The van der Waals surface area contributed by atoms with Gasteiger partial charge in [0.1, 0.15) is 5.54 Å². The molecule has 0 fully saturated rings. The zero-order valence-electron chi connectivity index (χ0n) is 13.0. The molecule has 116 valence electrons. The highest BCUT2D eigenvalue weighted by atomic mass is 32.2. The summed E-state index contributed by atoms with van der Waals surface area (Å²) in [5, 5.41) is 22.2. The van der Waals surface area contributed by atoms with Crippen molar-refractivity contribution in [3.8, 4) is 6.07 Å². The lowest BCUT2D eigenvalue weighted by Gasteiger charge is -2.28. The van der Waals surface area contributed by atoms with Gasteiger partial charge in [-0.25, -0.2) is 0 Å². The Balaban J connectivity index is 2.71. The first kappa shape index (κ1) is 18.0. The lowest BCUT2D eigenvalue weighted by molar-refractivity contribution is 0.250. The number of thioether (sulfide) groups is 1. The second-order valence-electron chi connectivity index (χ2n) is 5.42. The molecule has 0 aliphatic rings. The number of aliphatic hydroxyl groups is 1. The highest BCUT2D eigenvalue weighted by Gasteiger charge is 2.30. The van der Waals surface area contributed by atoms with E-state index < -0.39 is 5.54 Å². The lowest BCUT2D eigenvalue weighted by Crippen LogP contribution is -2.42. The molecule has 3 nitrogen and oxygen atoms in total. The predicted molar refractivity (Wildman–Crippen MR) is 90.2 cm³/mol. The van der Waals surface area contributed by atoms with Gasteiger partial charge in [0.05, 0.1) is 6.07 Å². The van der Waals surface area contributed by atoms with Crippen LogP contribution in [0.2, 0.25) is 0 Å². The van der Waals surface area contributed by atoms with Crippen molar-refractivity contribution < 1.29 is 5.11 Å². The van der Waals surface area contributed by atoms with Gasteiger partial charge in [-0.3, -0.25) is 5.32 Å². The maximum absolute atomic E-state index is 9.75. The third-order valence-electron chi connectivity index (χ3n) is 3.47. The fraction of sp³-hybridized carbons (Fsp3) is 0.588. The van der Waals surface area contributed by atoms with Gasteiger partial charge in [0.2, 0.25) is 0 Å². The van der Waals surface area contributed by atoms with Crippen LogP contribution in [0.15, 0.2) is 30.3 Å². The SMILES string of the molecule is CCCNC(C#N)(CCSCC(C)CO)c1ccccc1. The highest BCUT2D eigenvalue weighted by molar-refractivity contribution is 7.99. The molecule has 1 aromatic carbocycles. The molecule has 0 heterocycles. The molecule has 0 amide bonds. The second kappa shape index (κ2) is 9.83. The van der Waals surface area contributed by atoms with E-state index >= 15 is 0 Å². The molecule has 2 N–H and O–H groups in total. The number of hydrogen-bond donors (Lipinski definition) is 2. The van der Waals surface area contributed by atoms with Crippen LogP contribution < -0.4 is 5.32 Å². The van der Waals surface area contributed by atoms with Crippen molar-refractivity contribution in [3.05, 3.63) is 35.9 Å². The monoisotopic (exact) mass is 306 g/mol. The number of benzene rings is 1. The first-order chi connectivity index (χ1) is 10.2. The summed E-state index contributed by atoms with van der Waals surface area (Å²) in [6.07, 6.45) is 1.78. The van der Waals surface area contributed by atoms with Crippen LogP contribution in [-0.2, 0) is 5.54 Å². The fourth-order valence-electron chi connectivity index (χ4n) is 2.12. The second-order valence-corrected chi connectivity index (χ2v) is 6.57. The molecule has 0 aliphatic carbocycles. The Morgan fingerprint density at radius 1 is 1.38 bits per heavy atom. The van der Waals surface area contributed by atoms with Crippen LogP contribution in [0.3, 0.4) is 0 Å². The summed E-state index contributed by atoms with van der Waals surface area (Å²) in [7, 11) is 0. The first-order valence-electron chi connectivity index (χ1n) is 7.59. The summed E-state index contributed by atoms with van der Waals surface area (Å²) in [6, 6.07) is 12.5. The van der Waals surface area contributed by atoms with Gasteiger partial charge < -0.3 is 5.11 Å². The molecule has 0 spiro atoms. The van der Waals surface area contributed by atoms with Crippen LogP contribution in [0.25, 0.3) is 0 Å². The van der Waals surface area contributed by atoms with Crippen molar-refractivity contribution >= 4 is 11.8 Å². The topological polar surface area (TPSA) is 56.0 Å². The van der Waals surface area contributed by atoms with Crippen molar-refractivity contribution in [2.75, 3.05) is 24.7 Å². The van der Waals surface area contributed by atoms with Crippen LogP contribution in [0, 0.1) is 17.2 Å². The van der Waals surface area contributed by atoms with Crippen LogP contribution in [0.4, 0.5) is 0 Å². The minimum absolute atomic E-state index is 0.225. The zero-order valence-corrected chi connectivity index (χ0v) is 13.8. The van der Waals surface area contributed by atoms with Gasteiger partial charge >= 0.3 is 0 Å². The average Bonchev–Trinajstić information content (AvgIpc) is 2.55. The lowest BCUT2D eigenvalue weighted by atomic mass is 9.88. The van der Waals surface area contributed by atoms with E-state index in [2.05, 4.69) is 18.3 Å². The van der Waals surface area contributed by atoms with E-state index in [-0.39, 0.29) is 6.61 Å². The van der Waals surface area contributed by atoms with E-state index in [1.807, 2.05) is 37.3 Å². The molecule has 0 bridgehead atoms. The van der Waals surface area contributed by atoms with Crippen molar-refractivity contribution in [2.24, 2.45) is 5.92 Å². The van der Waals surface area contributed by atoms with Gasteiger partial charge in [-0.1, -0.05) is 44.2 Å². The summed E-state index contributed by atoms with van der Waals surface area (Å²) in [5.41, 5.74) is 0.434. The molecule has 2 atom stereocenters. The Labute approximate surface area is 132 Å². The van der Waals surface area contributed by atoms with Gasteiger partial charge in [-0.05, 0) is 42.4 Å². The molecular weight excluding hydrogens is 280 g/mol. The maximum atomic E-state index is 9.75. The minimum atomic E-state index is -0.604. The summed E-state index contributed by atoms with van der Waals surface area (Å²) in [4.78, 5) is 0. The smallest absolute Gasteiger partial charge is 0.133 e. The standard InChI is InChI=1S/C17H26N2OS/c1-3-10-19-17(14-18,16-7-5-4-6-8-16)9-11-21-13-15(2)12-20/h4-8,15,19-20H,3,9-13H2,1-2H3. The molecule has 0 saturated heterocycles. The summed E-state index contributed by atoms with van der Waals surface area (Å²) in [5.74, 6) is 2.15. The first-order valence-corrected chi connectivity index (χ1v) is 8.74. The van der Waals surface area contributed by atoms with Crippen LogP contribution >= 0.6 is 11.8 Å². The number of nitrogens with zero attached hydrogens (tertiary/aromatic N) is 1.